The van der Waals surface area contributed by atoms with Gasteiger partial charge in [-0.05, 0) is 49.8 Å². The third-order valence-electron chi connectivity index (χ3n) is 5.89. The molecule has 158 valence electrons. The number of hydrogen-bond acceptors (Lipinski definition) is 5. The van der Waals surface area contributed by atoms with Crippen LogP contribution in [0.1, 0.15) is 50.2 Å². The lowest BCUT2D eigenvalue weighted by atomic mass is 9.88. The van der Waals surface area contributed by atoms with Gasteiger partial charge in [-0.15, -0.1) is 0 Å². The van der Waals surface area contributed by atoms with Crippen molar-refractivity contribution in [2.45, 2.75) is 58.5 Å². The molecule has 6 heteroatoms. The fourth-order valence-corrected chi connectivity index (χ4v) is 4.05. The summed E-state index contributed by atoms with van der Waals surface area (Å²) < 4.78 is 16.5. The molecule has 0 saturated heterocycles. The van der Waals surface area contributed by atoms with Crippen LogP contribution in [0.2, 0.25) is 0 Å². The van der Waals surface area contributed by atoms with Gasteiger partial charge in [0, 0.05) is 30.0 Å². The van der Waals surface area contributed by atoms with Crippen LogP contribution in [0.3, 0.4) is 0 Å². The Morgan fingerprint density at radius 2 is 2.07 bits per heavy atom. The van der Waals surface area contributed by atoms with E-state index in [1.165, 1.54) is 19.3 Å². The first-order chi connectivity index (χ1) is 14.0. The molecule has 1 aromatic heterocycles. The Hall–Kier alpha value is -2.34. The summed E-state index contributed by atoms with van der Waals surface area (Å²) in [4.78, 5) is 24.6. The summed E-state index contributed by atoms with van der Waals surface area (Å²) in [6.45, 7) is 5.14. The van der Waals surface area contributed by atoms with Gasteiger partial charge in [0.1, 0.15) is 11.3 Å². The molecule has 2 aromatic rings. The fourth-order valence-electron chi connectivity index (χ4n) is 4.05. The van der Waals surface area contributed by atoms with Crippen molar-refractivity contribution in [1.82, 2.24) is 5.32 Å². The van der Waals surface area contributed by atoms with E-state index in [4.69, 9.17) is 13.9 Å². The van der Waals surface area contributed by atoms with Crippen molar-refractivity contribution in [3.63, 3.8) is 0 Å². The van der Waals surface area contributed by atoms with E-state index < -0.39 is 5.63 Å². The predicted octanol–water partition coefficient (Wildman–Crippen LogP) is 3.75. The molecule has 1 aliphatic carbocycles. The van der Waals surface area contributed by atoms with Crippen LogP contribution in [0.25, 0.3) is 11.0 Å². The first-order valence-corrected chi connectivity index (χ1v) is 10.5. The zero-order valence-electron chi connectivity index (χ0n) is 17.6. The first-order valence-electron chi connectivity index (χ1n) is 10.5. The average Bonchev–Trinajstić information content (AvgIpc) is 2.71. The van der Waals surface area contributed by atoms with Crippen LogP contribution in [0.15, 0.2) is 27.4 Å². The summed E-state index contributed by atoms with van der Waals surface area (Å²) in [7, 11) is 1.57. The van der Waals surface area contributed by atoms with Crippen LogP contribution in [-0.2, 0) is 16.0 Å². The molecule has 2 unspecified atom stereocenters. The second kappa shape index (κ2) is 9.92. The molecule has 0 spiro atoms. The van der Waals surface area contributed by atoms with Gasteiger partial charge in [-0.25, -0.2) is 4.79 Å². The molecule has 1 amide bonds. The number of amides is 1. The molecule has 0 bridgehead atoms. The number of ether oxygens (including phenoxy) is 2. The molecule has 2 atom stereocenters. The molecule has 1 aromatic carbocycles. The Balaban J connectivity index is 1.50. The minimum atomic E-state index is -0.398. The molecule has 1 heterocycles. The number of aryl methyl sites for hydroxylation is 1. The van der Waals surface area contributed by atoms with E-state index in [0.29, 0.717) is 48.5 Å². The van der Waals surface area contributed by atoms with Crippen molar-refractivity contribution in [1.29, 1.82) is 0 Å². The Kier molecular flexibility index (Phi) is 7.31. The number of methoxy groups -OCH3 is 1. The Morgan fingerprint density at radius 1 is 1.28 bits per heavy atom. The lowest BCUT2D eigenvalue weighted by molar-refractivity contribution is -0.121. The van der Waals surface area contributed by atoms with Gasteiger partial charge in [0.05, 0.1) is 19.8 Å². The summed E-state index contributed by atoms with van der Waals surface area (Å²) in [5, 5.41) is 3.74. The normalized spacial score (nSPS) is 19.3. The van der Waals surface area contributed by atoms with Crippen molar-refractivity contribution in [3.8, 4) is 5.75 Å². The summed E-state index contributed by atoms with van der Waals surface area (Å²) in [6, 6.07) is 5.41. The van der Waals surface area contributed by atoms with E-state index >= 15 is 0 Å². The molecular formula is C23H31NO5. The largest absolute Gasteiger partial charge is 0.497 e. The molecule has 0 aliphatic heterocycles. The molecular weight excluding hydrogens is 370 g/mol. The standard InChI is InChI=1S/C23H31NO5/c1-15-6-4-5-7-20(15)28-13-12-24-22(25)11-10-19-16(2)18-9-8-17(27-3)14-21(18)29-23(19)26/h8-9,14-15,20H,4-7,10-13H2,1-3H3,(H,24,25). The van der Waals surface area contributed by atoms with E-state index in [1.807, 2.05) is 19.1 Å². The van der Waals surface area contributed by atoms with Crippen LogP contribution in [-0.4, -0.2) is 32.3 Å². The van der Waals surface area contributed by atoms with Crippen LogP contribution in [0.5, 0.6) is 5.75 Å². The molecule has 1 N–H and O–H groups in total. The number of carbonyl (C=O) groups excluding carboxylic acids is 1. The van der Waals surface area contributed by atoms with Gasteiger partial charge in [-0.3, -0.25) is 4.79 Å². The zero-order chi connectivity index (χ0) is 20.8. The number of carbonyl (C=O) groups is 1. The van der Waals surface area contributed by atoms with Gasteiger partial charge in [-0.2, -0.15) is 0 Å². The lowest BCUT2D eigenvalue weighted by Crippen LogP contribution is -2.32. The minimum Gasteiger partial charge on any atom is -0.497 e. The van der Waals surface area contributed by atoms with Crippen molar-refractivity contribution >= 4 is 16.9 Å². The summed E-state index contributed by atoms with van der Waals surface area (Å²) in [5.74, 6) is 1.14. The van der Waals surface area contributed by atoms with Gasteiger partial charge < -0.3 is 19.2 Å². The van der Waals surface area contributed by atoms with E-state index in [9.17, 15) is 9.59 Å². The van der Waals surface area contributed by atoms with Crippen molar-refractivity contribution in [2.24, 2.45) is 5.92 Å². The van der Waals surface area contributed by atoms with Gasteiger partial charge in [0.25, 0.3) is 0 Å². The van der Waals surface area contributed by atoms with Gasteiger partial charge in [-0.1, -0.05) is 19.8 Å². The topological polar surface area (TPSA) is 77.8 Å². The van der Waals surface area contributed by atoms with Gasteiger partial charge in [0.15, 0.2) is 0 Å². The molecule has 1 saturated carbocycles. The summed E-state index contributed by atoms with van der Waals surface area (Å²) >= 11 is 0. The molecule has 6 nitrogen and oxygen atoms in total. The Bertz CT molecular complexity index is 904. The third kappa shape index (κ3) is 5.38. The number of fused-ring (bicyclic) bond motifs is 1. The Morgan fingerprint density at radius 3 is 2.83 bits per heavy atom. The van der Waals surface area contributed by atoms with Gasteiger partial charge >= 0.3 is 5.63 Å². The predicted molar refractivity (Wildman–Crippen MR) is 112 cm³/mol. The monoisotopic (exact) mass is 401 g/mol. The molecule has 3 rings (SSSR count). The smallest absolute Gasteiger partial charge is 0.339 e. The number of benzene rings is 1. The molecule has 1 fully saturated rings. The fraction of sp³-hybridized carbons (Fsp3) is 0.565. The van der Waals surface area contributed by atoms with Crippen molar-refractivity contribution < 1.29 is 18.7 Å². The zero-order valence-corrected chi connectivity index (χ0v) is 17.6. The van der Waals surface area contributed by atoms with Crippen LogP contribution in [0, 0.1) is 12.8 Å². The van der Waals surface area contributed by atoms with E-state index in [2.05, 4.69) is 12.2 Å². The highest BCUT2D eigenvalue weighted by molar-refractivity contribution is 5.82. The summed E-state index contributed by atoms with van der Waals surface area (Å²) in [5.41, 5.74) is 1.49. The van der Waals surface area contributed by atoms with E-state index in [0.717, 1.165) is 17.4 Å². The second-order valence-corrected chi connectivity index (χ2v) is 7.88. The maximum Gasteiger partial charge on any atom is 0.339 e. The maximum absolute atomic E-state index is 12.4. The van der Waals surface area contributed by atoms with E-state index in [-0.39, 0.29) is 12.3 Å². The quantitative estimate of drug-likeness (QED) is 0.538. The highest BCUT2D eigenvalue weighted by Crippen LogP contribution is 2.26. The van der Waals surface area contributed by atoms with Crippen molar-refractivity contribution in [2.75, 3.05) is 20.3 Å². The highest BCUT2D eigenvalue weighted by Gasteiger charge is 2.21. The third-order valence-corrected chi connectivity index (χ3v) is 5.89. The SMILES string of the molecule is COc1ccc2c(C)c(CCC(=O)NCCOC3CCCCC3C)c(=O)oc2c1. The number of hydrogen-bond donors (Lipinski definition) is 1. The van der Waals surface area contributed by atoms with E-state index in [1.54, 1.807) is 13.2 Å². The first kappa shape index (κ1) is 21.4. The Labute approximate surface area is 171 Å². The molecule has 1 aliphatic rings. The minimum absolute atomic E-state index is 0.0843. The highest BCUT2D eigenvalue weighted by atomic mass is 16.5. The molecule has 0 radical (unpaired) electrons. The van der Waals surface area contributed by atoms with Crippen LogP contribution < -0.4 is 15.7 Å². The average molecular weight is 402 g/mol. The maximum atomic E-state index is 12.4. The van der Waals surface area contributed by atoms with Crippen molar-refractivity contribution in [3.05, 3.63) is 39.7 Å². The lowest BCUT2D eigenvalue weighted by Gasteiger charge is -2.28. The molecule has 29 heavy (non-hydrogen) atoms. The van der Waals surface area contributed by atoms with Crippen LogP contribution in [0.4, 0.5) is 0 Å². The number of nitrogens with one attached hydrogen (secondary N) is 1. The van der Waals surface area contributed by atoms with Crippen LogP contribution >= 0.6 is 0 Å². The number of rotatable bonds is 8. The summed E-state index contributed by atoms with van der Waals surface area (Å²) in [6.07, 6.45) is 5.74. The second-order valence-electron chi connectivity index (χ2n) is 7.88. The van der Waals surface area contributed by atoms with Gasteiger partial charge in [0.2, 0.25) is 5.91 Å².